The molecule has 0 radical (unpaired) electrons. The largest absolute Gasteiger partial charge is 0.396 e. The van der Waals surface area contributed by atoms with Gasteiger partial charge < -0.3 is 20.5 Å². The van der Waals surface area contributed by atoms with Crippen LogP contribution in [0.5, 0.6) is 0 Å². The molecule has 0 unspecified atom stereocenters. The van der Waals surface area contributed by atoms with Crippen LogP contribution >= 0.6 is 0 Å². The van der Waals surface area contributed by atoms with Crippen LogP contribution in [0.2, 0.25) is 0 Å². The Morgan fingerprint density at radius 3 is 2.76 bits per heavy atom. The predicted molar refractivity (Wildman–Crippen MR) is 63.8 cm³/mol. The molecule has 2 amide bonds. The molecule has 3 N–H and O–H groups in total. The maximum absolute atomic E-state index is 11.7. The first-order chi connectivity index (χ1) is 8.24. The van der Waals surface area contributed by atoms with E-state index in [4.69, 9.17) is 9.84 Å². The highest BCUT2D eigenvalue weighted by molar-refractivity contribution is 5.75. The van der Waals surface area contributed by atoms with Gasteiger partial charge in [0.2, 0.25) is 0 Å². The highest BCUT2D eigenvalue weighted by Crippen LogP contribution is 2.34. The molecule has 5 nitrogen and oxygen atoms in total. The van der Waals surface area contributed by atoms with E-state index in [-0.39, 0.29) is 24.3 Å². The third-order valence-corrected chi connectivity index (χ3v) is 3.79. The first kappa shape index (κ1) is 12.6. The SMILES string of the molecule is O=C(NC[C@H]1CCCO1)NC1(CCO)CCC1. The second-order valence-corrected chi connectivity index (χ2v) is 5.08. The van der Waals surface area contributed by atoms with Gasteiger partial charge in [-0.25, -0.2) is 4.79 Å². The van der Waals surface area contributed by atoms with Gasteiger partial charge in [-0.2, -0.15) is 0 Å². The minimum Gasteiger partial charge on any atom is -0.396 e. The molecule has 1 saturated heterocycles. The molecule has 0 spiro atoms. The maximum atomic E-state index is 11.7. The molecule has 5 heteroatoms. The zero-order valence-corrected chi connectivity index (χ0v) is 10.2. The van der Waals surface area contributed by atoms with E-state index in [1.807, 2.05) is 0 Å². The van der Waals surface area contributed by atoms with Crippen molar-refractivity contribution in [3.05, 3.63) is 0 Å². The normalized spacial score (nSPS) is 26.3. The van der Waals surface area contributed by atoms with Gasteiger partial charge in [0.25, 0.3) is 0 Å². The summed E-state index contributed by atoms with van der Waals surface area (Å²) < 4.78 is 5.44. The molecular formula is C12H22N2O3. The Morgan fingerprint density at radius 1 is 1.41 bits per heavy atom. The summed E-state index contributed by atoms with van der Waals surface area (Å²) in [7, 11) is 0. The quantitative estimate of drug-likeness (QED) is 0.667. The highest BCUT2D eigenvalue weighted by atomic mass is 16.5. The van der Waals surface area contributed by atoms with Gasteiger partial charge in [-0.05, 0) is 38.5 Å². The van der Waals surface area contributed by atoms with Gasteiger partial charge in [0.15, 0.2) is 0 Å². The molecule has 2 fully saturated rings. The molecule has 2 aliphatic rings. The van der Waals surface area contributed by atoms with Gasteiger partial charge in [-0.15, -0.1) is 0 Å². The molecule has 0 aromatic heterocycles. The fourth-order valence-corrected chi connectivity index (χ4v) is 2.55. The van der Waals surface area contributed by atoms with Gasteiger partial charge in [-0.1, -0.05) is 0 Å². The third kappa shape index (κ3) is 3.33. The predicted octanol–water partition coefficient (Wildman–Crippen LogP) is 0.770. The van der Waals surface area contributed by atoms with E-state index >= 15 is 0 Å². The Balaban J connectivity index is 1.68. The van der Waals surface area contributed by atoms with E-state index in [2.05, 4.69) is 10.6 Å². The van der Waals surface area contributed by atoms with Crippen molar-refractivity contribution < 1.29 is 14.6 Å². The van der Waals surface area contributed by atoms with Crippen LogP contribution in [0.25, 0.3) is 0 Å². The number of urea groups is 1. The summed E-state index contributed by atoms with van der Waals surface area (Å²) in [6, 6.07) is -0.131. The molecule has 1 heterocycles. The second kappa shape index (κ2) is 5.69. The molecule has 1 aliphatic carbocycles. The highest BCUT2D eigenvalue weighted by Gasteiger charge is 2.37. The number of ether oxygens (including phenoxy) is 1. The van der Waals surface area contributed by atoms with Gasteiger partial charge >= 0.3 is 6.03 Å². The van der Waals surface area contributed by atoms with Gasteiger partial charge in [0.05, 0.1) is 6.10 Å². The number of carbonyl (C=O) groups excluding carboxylic acids is 1. The van der Waals surface area contributed by atoms with Crippen molar-refractivity contribution in [1.29, 1.82) is 0 Å². The van der Waals surface area contributed by atoms with E-state index in [0.29, 0.717) is 13.0 Å². The number of aliphatic hydroxyl groups excluding tert-OH is 1. The Morgan fingerprint density at radius 2 is 2.24 bits per heavy atom. The number of hydrogen-bond acceptors (Lipinski definition) is 3. The molecule has 0 aromatic rings. The van der Waals surface area contributed by atoms with Crippen LogP contribution in [-0.4, -0.2) is 42.5 Å². The summed E-state index contributed by atoms with van der Waals surface area (Å²) in [5.74, 6) is 0. The van der Waals surface area contributed by atoms with E-state index in [1.165, 1.54) is 0 Å². The summed E-state index contributed by atoms with van der Waals surface area (Å²) in [6.07, 6.45) is 6.02. The van der Waals surface area contributed by atoms with Crippen LogP contribution in [0.15, 0.2) is 0 Å². The summed E-state index contributed by atoms with van der Waals surface area (Å²) >= 11 is 0. The molecule has 2 rings (SSSR count). The Labute approximate surface area is 102 Å². The lowest BCUT2D eigenvalue weighted by Crippen LogP contribution is -2.57. The number of amides is 2. The average Bonchev–Trinajstić information content (AvgIpc) is 2.76. The summed E-state index contributed by atoms with van der Waals surface area (Å²) in [6.45, 7) is 1.52. The van der Waals surface area contributed by atoms with Crippen molar-refractivity contribution in [3.8, 4) is 0 Å². The Kier molecular flexibility index (Phi) is 4.23. The van der Waals surface area contributed by atoms with Crippen LogP contribution in [0, 0.1) is 0 Å². The van der Waals surface area contributed by atoms with Crippen molar-refractivity contribution >= 4 is 6.03 Å². The number of nitrogens with one attached hydrogen (secondary N) is 2. The molecule has 1 atom stereocenters. The number of hydrogen-bond donors (Lipinski definition) is 3. The molecule has 0 bridgehead atoms. The number of carbonyl (C=O) groups is 1. The van der Waals surface area contributed by atoms with Gasteiger partial charge in [0, 0.05) is 25.3 Å². The van der Waals surface area contributed by atoms with E-state index in [0.717, 1.165) is 38.7 Å². The van der Waals surface area contributed by atoms with E-state index in [9.17, 15) is 4.79 Å². The van der Waals surface area contributed by atoms with Crippen molar-refractivity contribution in [2.75, 3.05) is 19.8 Å². The molecule has 0 aromatic carbocycles. The van der Waals surface area contributed by atoms with Crippen LogP contribution in [0.4, 0.5) is 4.79 Å². The maximum Gasteiger partial charge on any atom is 0.315 e. The van der Waals surface area contributed by atoms with E-state index in [1.54, 1.807) is 0 Å². The fourth-order valence-electron chi connectivity index (χ4n) is 2.55. The van der Waals surface area contributed by atoms with Crippen LogP contribution < -0.4 is 10.6 Å². The molecule has 1 aliphatic heterocycles. The molecular weight excluding hydrogens is 220 g/mol. The molecule has 98 valence electrons. The lowest BCUT2D eigenvalue weighted by molar-refractivity contribution is 0.107. The minimum absolute atomic E-state index is 0.131. The summed E-state index contributed by atoms with van der Waals surface area (Å²) in [5.41, 5.74) is -0.157. The monoisotopic (exact) mass is 242 g/mol. The van der Waals surface area contributed by atoms with Gasteiger partial charge in [-0.3, -0.25) is 0 Å². The van der Waals surface area contributed by atoms with E-state index < -0.39 is 0 Å². The van der Waals surface area contributed by atoms with Crippen LogP contribution in [0.1, 0.15) is 38.5 Å². The van der Waals surface area contributed by atoms with Crippen LogP contribution in [-0.2, 0) is 4.74 Å². The first-order valence-corrected chi connectivity index (χ1v) is 6.53. The smallest absolute Gasteiger partial charge is 0.315 e. The van der Waals surface area contributed by atoms with Gasteiger partial charge in [0.1, 0.15) is 0 Å². The molecule has 17 heavy (non-hydrogen) atoms. The average molecular weight is 242 g/mol. The van der Waals surface area contributed by atoms with Crippen molar-refractivity contribution in [1.82, 2.24) is 10.6 Å². The van der Waals surface area contributed by atoms with Crippen LogP contribution in [0.3, 0.4) is 0 Å². The molecule has 1 saturated carbocycles. The Bertz CT molecular complexity index is 260. The first-order valence-electron chi connectivity index (χ1n) is 6.53. The zero-order chi connectivity index (χ0) is 12.1. The topological polar surface area (TPSA) is 70.6 Å². The summed E-state index contributed by atoms with van der Waals surface area (Å²) in [4.78, 5) is 11.7. The summed E-state index contributed by atoms with van der Waals surface area (Å²) in [5, 5.41) is 14.8. The van der Waals surface area contributed by atoms with Crippen molar-refractivity contribution in [2.24, 2.45) is 0 Å². The lowest BCUT2D eigenvalue weighted by atomic mass is 9.74. The second-order valence-electron chi connectivity index (χ2n) is 5.08. The fraction of sp³-hybridized carbons (Fsp3) is 0.917. The van der Waals surface area contributed by atoms with Crippen molar-refractivity contribution in [3.63, 3.8) is 0 Å². The lowest BCUT2D eigenvalue weighted by Gasteiger charge is -2.42. The number of aliphatic hydroxyl groups is 1. The third-order valence-electron chi connectivity index (χ3n) is 3.79. The zero-order valence-electron chi connectivity index (χ0n) is 10.2. The Hall–Kier alpha value is -0.810. The standard InChI is InChI=1S/C12H22N2O3/c15-7-6-12(4-2-5-12)14-11(16)13-9-10-3-1-8-17-10/h10,15H,1-9H2,(H2,13,14,16)/t10-/m1/s1. The minimum atomic E-state index is -0.157. The van der Waals surface area contributed by atoms with Crippen molar-refractivity contribution in [2.45, 2.75) is 50.2 Å². The number of rotatable bonds is 5.